The smallest absolute Gasteiger partial charge is 0.345 e. The van der Waals surface area contributed by atoms with Crippen LogP contribution in [0.4, 0.5) is 18.9 Å². The number of amides is 3. The maximum Gasteiger partial charge on any atom is 0.416 e. The molecular formula is C21H22F3N3O3. The van der Waals surface area contributed by atoms with E-state index in [9.17, 15) is 27.6 Å². The second-order valence-electron chi connectivity index (χ2n) is 6.50. The maximum atomic E-state index is 12.9. The molecule has 2 aromatic rings. The number of para-hydroxylation sites is 1. The van der Waals surface area contributed by atoms with E-state index in [4.69, 9.17) is 0 Å². The van der Waals surface area contributed by atoms with E-state index in [0.717, 1.165) is 23.1 Å². The summed E-state index contributed by atoms with van der Waals surface area (Å²) < 4.78 is 38.7. The van der Waals surface area contributed by atoms with E-state index < -0.39 is 29.5 Å². The molecule has 0 fully saturated rings. The average molecular weight is 421 g/mol. The number of benzene rings is 2. The molecular weight excluding hydrogens is 399 g/mol. The van der Waals surface area contributed by atoms with Gasteiger partial charge in [-0.3, -0.25) is 14.4 Å². The average Bonchev–Trinajstić information content (AvgIpc) is 2.71. The number of hydrogen-bond acceptors (Lipinski definition) is 3. The zero-order chi connectivity index (χ0) is 22.1. The molecule has 0 aromatic heterocycles. The predicted molar refractivity (Wildman–Crippen MR) is 106 cm³/mol. The van der Waals surface area contributed by atoms with Crippen molar-refractivity contribution < 1.29 is 27.6 Å². The molecule has 6 nitrogen and oxygen atoms in total. The first-order valence-corrected chi connectivity index (χ1v) is 9.29. The molecule has 3 amide bonds. The highest BCUT2D eigenvalue weighted by Crippen LogP contribution is 2.29. The molecule has 0 aliphatic rings. The molecule has 2 aromatic carbocycles. The first-order chi connectivity index (χ1) is 14.2. The molecule has 0 bridgehead atoms. The van der Waals surface area contributed by atoms with Crippen molar-refractivity contribution in [3.05, 3.63) is 65.7 Å². The van der Waals surface area contributed by atoms with Crippen molar-refractivity contribution in [2.75, 3.05) is 25.0 Å². The van der Waals surface area contributed by atoms with Gasteiger partial charge in [0, 0.05) is 17.8 Å². The summed E-state index contributed by atoms with van der Waals surface area (Å²) in [4.78, 5) is 37.9. The number of alkyl halides is 3. The SMILES string of the molecule is CCCN(CC(=O)NCC(=O)Nc1ccccc1)C(=O)c1cccc(C(F)(F)F)c1. The summed E-state index contributed by atoms with van der Waals surface area (Å²) in [6.45, 7) is 1.28. The number of anilines is 1. The molecule has 2 N–H and O–H groups in total. The van der Waals surface area contributed by atoms with Gasteiger partial charge in [0.2, 0.25) is 11.8 Å². The van der Waals surface area contributed by atoms with Crippen LogP contribution in [0.25, 0.3) is 0 Å². The lowest BCUT2D eigenvalue weighted by atomic mass is 10.1. The number of nitrogens with zero attached hydrogens (tertiary/aromatic N) is 1. The molecule has 0 saturated carbocycles. The van der Waals surface area contributed by atoms with Crippen LogP contribution in [0.2, 0.25) is 0 Å². The van der Waals surface area contributed by atoms with Gasteiger partial charge in [0.25, 0.3) is 5.91 Å². The Labute approximate surface area is 172 Å². The molecule has 0 heterocycles. The minimum atomic E-state index is -4.57. The summed E-state index contributed by atoms with van der Waals surface area (Å²) in [5.41, 5.74) is -0.524. The van der Waals surface area contributed by atoms with Gasteiger partial charge in [0.05, 0.1) is 18.7 Å². The van der Waals surface area contributed by atoms with Crippen molar-refractivity contribution in [2.24, 2.45) is 0 Å². The van der Waals surface area contributed by atoms with Gasteiger partial charge < -0.3 is 15.5 Å². The van der Waals surface area contributed by atoms with Crippen LogP contribution in [-0.4, -0.2) is 42.3 Å². The topological polar surface area (TPSA) is 78.5 Å². The Balaban J connectivity index is 1.96. The van der Waals surface area contributed by atoms with Crippen LogP contribution >= 0.6 is 0 Å². The Hall–Kier alpha value is -3.36. The zero-order valence-corrected chi connectivity index (χ0v) is 16.3. The van der Waals surface area contributed by atoms with E-state index >= 15 is 0 Å². The van der Waals surface area contributed by atoms with Gasteiger partial charge in [-0.15, -0.1) is 0 Å². The number of carbonyl (C=O) groups is 3. The van der Waals surface area contributed by atoms with Crippen LogP contribution in [0.1, 0.15) is 29.3 Å². The molecule has 0 aliphatic heterocycles. The molecule has 0 saturated heterocycles. The minimum absolute atomic E-state index is 0.159. The number of nitrogens with one attached hydrogen (secondary N) is 2. The first-order valence-electron chi connectivity index (χ1n) is 9.29. The maximum absolute atomic E-state index is 12.9. The number of halogens is 3. The fourth-order valence-electron chi connectivity index (χ4n) is 2.67. The molecule has 9 heteroatoms. The predicted octanol–water partition coefficient (Wildman–Crippen LogP) is 3.31. The lowest BCUT2D eigenvalue weighted by molar-refractivity contribution is -0.137. The van der Waals surface area contributed by atoms with Crippen LogP contribution in [-0.2, 0) is 15.8 Å². The van der Waals surface area contributed by atoms with Gasteiger partial charge >= 0.3 is 6.18 Å². The Morgan fingerprint density at radius 3 is 2.30 bits per heavy atom. The van der Waals surface area contributed by atoms with Crippen LogP contribution < -0.4 is 10.6 Å². The number of hydrogen-bond donors (Lipinski definition) is 2. The first kappa shape index (κ1) is 22.9. The van der Waals surface area contributed by atoms with Gasteiger partial charge in [-0.2, -0.15) is 13.2 Å². The van der Waals surface area contributed by atoms with Gasteiger partial charge in [0.1, 0.15) is 0 Å². The normalized spacial score (nSPS) is 10.9. The van der Waals surface area contributed by atoms with Gasteiger partial charge in [0.15, 0.2) is 0 Å². The van der Waals surface area contributed by atoms with Gasteiger partial charge in [-0.05, 0) is 36.8 Å². The lowest BCUT2D eigenvalue weighted by Gasteiger charge is -2.22. The highest BCUT2D eigenvalue weighted by atomic mass is 19.4. The van der Waals surface area contributed by atoms with Gasteiger partial charge in [-0.1, -0.05) is 31.2 Å². The van der Waals surface area contributed by atoms with Crippen LogP contribution in [0.5, 0.6) is 0 Å². The molecule has 160 valence electrons. The van der Waals surface area contributed by atoms with Crippen molar-refractivity contribution in [3.8, 4) is 0 Å². The third-order valence-corrected chi connectivity index (χ3v) is 4.06. The van der Waals surface area contributed by atoms with E-state index in [1.807, 2.05) is 0 Å². The molecule has 0 atom stereocenters. The van der Waals surface area contributed by atoms with Crippen LogP contribution in [0.15, 0.2) is 54.6 Å². The van der Waals surface area contributed by atoms with Crippen molar-refractivity contribution >= 4 is 23.4 Å². The second-order valence-corrected chi connectivity index (χ2v) is 6.50. The fourth-order valence-corrected chi connectivity index (χ4v) is 2.67. The molecule has 0 radical (unpaired) electrons. The Kier molecular flexibility index (Phi) is 7.97. The quantitative estimate of drug-likeness (QED) is 0.687. The summed E-state index contributed by atoms with van der Waals surface area (Å²) in [6.07, 6.45) is -4.07. The highest BCUT2D eigenvalue weighted by Gasteiger charge is 2.31. The third kappa shape index (κ3) is 6.91. The van der Waals surface area contributed by atoms with E-state index in [0.29, 0.717) is 12.1 Å². The second kappa shape index (κ2) is 10.4. The van der Waals surface area contributed by atoms with Crippen molar-refractivity contribution in [1.82, 2.24) is 10.2 Å². The van der Waals surface area contributed by atoms with Crippen molar-refractivity contribution in [3.63, 3.8) is 0 Å². The van der Waals surface area contributed by atoms with E-state index in [-0.39, 0.29) is 25.2 Å². The minimum Gasteiger partial charge on any atom is -0.345 e. The Bertz CT molecular complexity index is 886. The molecule has 0 spiro atoms. The molecule has 0 unspecified atom stereocenters. The van der Waals surface area contributed by atoms with Gasteiger partial charge in [-0.25, -0.2) is 0 Å². The lowest BCUT2D eigenvalue weighted by Crippen LogP contribution is -2.43. The summed E-state index contributed by atoms with van der Waals surface area (Å²) in [6, 6.07) is 12.7. The third-order valence-electron chi connectivity index (χ3n) is 4.06. The van der Waals surface area contributed by atoms with E-state index in [1.165, 1.54) is 6.07 Å². The Morgan fingerprint density at radius 2 is 1.67 bits per heavy atom. The van der Waals surface area contributed by atoms with E-state index in [2.05, 4.69) is 10.6 Å². The number of carbonyl (C=O) groups excluding carboxylic acids is 3. The van der Waals surface area contributed by atoms with E-state index in [1.54, 1.807) is 37.3 Å². The largest absolute Gasteiger partial charge is 0.416 e. The Morgan fingerprint density at radius 1 is 0.967 bits per heavy atom. The zero-order valence-electron chi connectivity index (χ0n) is 16.3. The number of rotatable bonds is 8. The summed E-state index contributed by atoms with van der Waals surface area (Å²) >= 11 is 0. The monoisotopic (exact) mass is 421 g/mol. The fraction of sp³-hybridized carbons (Fsp3) is 0.286. The van der Waals surface area contributed by atoms with Crippen LogP contribution in [0.3, 0.4) is 0 Å². The molecule has 30 heavy (non-hydrogen) atoms. The van der Waals surface area contributed by atoms with Crippen LogP contribution in [0, 0.1) is 0 Å². The summed E-state index contributed by atoms with van der Waals surface area (Å²) in [5.74, 6) is -1.72. The highest BCUT2D eigenvalue weighted by molar-refractivity contribution is 5.98. The summed E-state index contributed by atoms with van der Waals surface area (Å²) in [5, 5.41) is 5.01. The molecule has 2 rings (SSSR count). The van der Waals surface area contributed by atoms with Crippen molar-refractivity contribution in [2.45, 2.75) is 19.5 Å². The standard InChI is InChI=1S/C21H22F3N3O3/c1-2-11-27(20(30)15-7-6-8-16(12-15)21(22,23)24)14-19(29)25-13-18(28)26-17-9-4-3-5-10-17/h3-10,12H,2,11,13-14H2,1H3,(H,25,29)(H,26,28). The summed E-state index contributed by atoms with van der Waals surface area (Å²) in [7, 11) is 0. The molecule has 0 aliphatic carbocycles. The van der Waals surface area contributed by atoms with Crippen molar-refractivity contribution in [1.29, 1.82) is 0 Å².